The number of halogens is 1. The number of nitrogens with zero attached hydrogens (tertiary/aromatic N) is 2. The summed E-state index contributed by atoms with van der Waals surface area (Å²) in [5.74, 6) is 0.447. The molecule has 1 aromatic heterocycles. The van der Waals surface area contributed by atoms with E-state index in [-0.39, 0.29) is 12.2 Å². The standard InChI is InChI=1S/C14H14ClN3O3/c1-14(19,10-3-2-4-11(15)7-10)9-17-13-6-5-12(8-16-13)18(20)21/h2-8,19H,9H2,1H3,(H,16,17). The Morgan fingerprint density at radius 1 is 1.43 bits per heavy atom. The van der Waals surface area contributed by atoms with Crippen LogP contribution in [0.15, 0.2) is 42.6 Å². The van der Waals surface area contributed by atoms with Crippen LogP contribution in [0.2, 0.25) is 5.02 Å². The van der Waals surface area contributed by atoms with E-state index in [0.717, 1.165) is 6.20 Å². The van der Waals surface area contributed by atoms with Crippen molar-refractivity contribution in [2.24, 2.45) is 0 Å². The van der Waals surface area contributed by atoms with Crippen LogP contribution in [0.5, 0.6) is 0 Å². The molecule has 0 spiro atoms. The molecule has 1 heterocycles. The maximum Gasteiger partial charge on any atom is 0.287 e. The van der Waals surface area contributed by atoms with Crippen molar-refractivity contribution in [2.75, 3.05) is 11.9 Å². The Kier molecular flexibility index (Phi) is 4.40. The molecule has 1 unspecified atom stereocenters. The lowest BCUT2D eigenvalue weighted by Gasteiger charge is -2.24. The lowest BCUT2D eigenvalue weighted by Crippen LogP contribution is -2.30. The van der Waals surface area contributed by atoms with Gasteiger partial charge in [-0.2, -0.15) is 0 Å². The first kappa shape index (κ1) is 15.2. The monoisotopic (exact) mass is 307 g/mol. The number of anilines is 1. The van der Waals surface area contributed by atoms with Gasteiger partial charge >= 0.3 is 0 Å². The zero-order valence-corrected chi connectivity index (χ0v) is 12.0. The van der Waals surface area contributed by atoms with E-state index in [9.17, 15) is 15.2 Å². The highest BCUT2D eigenvalue weighted by molar-refractivity contribution is 6.30. The Balaban J connectivity index is 2.06. The fraction of sp³-hybridized carbons (Fsp3) is 0.214. The molecule has 0 aliphatic heterocycles. The number of rotatable bonds is 5. The summed E-state index contributed by atoms with van der Waals surface area (Å²) in [5, 5.41) is 24.5. The van der Waals surface area contributed by atoms with Gasteiger partial charge in [-0.05, 0) is 30.7 Å². The van der Waals surface area contributed by atoms with Crippen LogP contribution >= 0.6 is 11.6 Å². The van der Waals surface area contributed by atoms with Crippen LogP contribution in [0.4, 0.5) is 11.5 Å². The average Bonchev–Trinajstić information content (AvgIpc) is 2.45. The maximum atomic E-state index is 10.5. The van der Waals surface area contributed by atoms with Gasteiger partial charge in [0.25, 0.3) is 5.69 Å². The second-order valence-corrected chi connectivity index (χ2v) is 5.23. The molecule has 0 bridgehead atoms. The largest absolute Gasteiger partial charge is 0.384 e. The van der Waals surface area contributed by atoms with E-state index < -0.39 is 10.5 Å². The Bertz CT molecular complexity index is 644. The van der Waals surface area contributed by atoms with Gasteiger partial charge in [-0.3, -0.25) is 10.1 Å². The van der Waals surface area contributed by atoms with E-state index >= 15 is 0 Å². The number of nitrogens with one attached hydrogen (secondary N) is 1. The molecule has 21 heavy (non-hydrogen) atoms. The first-order valence-corrected chi connectivity index (χ1v) is 6.59. The van der Waals surface area contributed by atoms with Gasteiger partial charge < -0.3 is 10.4 Å². The number of benzene rings is 1. The minimum Gasteiger partial charge on any atom is -0.384 e. The second kappa shape index (κ2) is 6.07. The van der Waals surface area contributed by atoms with E-state index in [1.807, 2.05) is 0 Å². The molecule has 2 N–H and O–H groups in total. The molecule has 0 amide bonds. The lowest BCUT2D eigenvalue weighted by atomic mass is 9.96. The van der Waals surface area contributed by atoms with Gasteiger partial charge in [-0.15, -0.1) is 0 Å². The third kappa shape index (κ3) is 3.90. The number of hydrogen-bond acceptors (Lipinski definition) is 5. The summed E-state index contributed by atoms with van der Waals surface area (Å²) >= 11 is 5.91. The van der Waals surface area contributed by atoms with Crippen molar-refractivity contribution in [3.05, 3.63) is 63.3 Å². The molecule has 2 rings (SSSR count). The van der Waals surface area contributed by atoms with E-state index in [4.69, 9.17) is 11.6 Å². The zero-order valence-electron chi connectivity index (χ0n) is 11.3. The number of pyridine rings is 1. The first-order chi connectivity index (χ1) is 9.88. The number of aromatic nitrogens is 1. The van der Waals surface area contributed by atoms with Gasteiger partial charge in [-0.1, -0.05) is 23.7 Å². The van der Waals surface area contributed by atoms with Crippen molar-refractivity contribution in [2.45, 2.75) is 12.5 Å². The van der Waals surface area contributed by atoms with Crippen LogP contribution in [-0.4, -0.2) is 21.6 Å². The van der Waals surface area contributed by atoms with E-state index in [0.29, 0.717) is 16.4 Å². The molecule has 2 aromatic rings. The Morgan fingerprint density at radius 3 is 2.76 bits per heavy atom. The smallest absolute Gasteiger partial charge is 0.287 e. The quantitative estimate of drug-likeness (QED) is 0.655. The normalized spacial score (nSPS) is 13.5. The van der Waals surface area contributed by atoms with Gasteiger partial charge in [-0.25, -0.2) is 4.98 Å². The predicted molar refractivity (Wildman–Crippen MR) is 80.4 cm³/mol. The van der Waals surface area contributed by atoms with E-state index in [2.05, 4.69) is 10.3 Å². The molecule has 7 heteroatoms. The van der Waals surface area contributed by atoms with Crippen LogP contribution in [0, 0.1) is 10.1 Å². The van der Waals surface area contributed by atoms with Crippen LogP contribution in [0.1, 0.15) is 12.5 Å². The summed E-state index contributed by atoms with van der Waals surface area (Å²) < 4.78 is 0. The van der Waals surface area contributed by atoms with Gasteiger partial charge in [0, 0.05) is 17.6 Å². The summed E-state index contributed by atoms with van der Waals surface area (Å²) in [6.07, 6.45) is 1.16. The molecule has 0 fully saturated rings. The molecule has 110 valence electrons. The van der Waals surface area contributed by atoms with Crippen molar-refractivity contribution in [1.82, 2.24) is 4.98 Å². The molecular formula is C14H14ClN3O3. The number of aliphatic hydroxyl groups is 1. The minimum atomic E-state index is -1.14. The molecule has 0 saturated carbocycles. The topological polar surface area (TPSA) is 88.3 Å². The van der Waals surface area contributed by atoms with Crippen LogP contribution in [-0.2, 0) is 5.60 Å². The summed E-state index contributed by atoms with van der Waals surface area (Å²) in [5.41, 5.74) is -0.555. The van der Waals surface area contributed by atoms with Gasteiger partial charge in [0.05, 0.1) is 4.92 Å². The third-order valence-corrected chi connectivity index (χ3v) is 3.25. The van der Waals surface area contributed by atoms with Crippen molar-refractivity contribution in [3.8, 4) is 0 Å². The summed E-state index contributed by atoms with van der Waals surface area (Å²) in [7, 11) is 0. The third-order valence-electron chi connectivity index (χ3n) is 3.02. The highest BCUT2D eigenvalue weighted by Gasteiger charge is 2.23. The van der Waals surface area contributed by atoms with Gasteiger partial charge in [0.2, 0.25) is 0 Å². The van der Waals surface area contributed by atoms with Crippen molar-refractivity contribution in [1.29, 1.82) is 0 Å². The molecular weight excluding hydrogens is 294 g/mol. The van der Waals surface area contributed by atoms with Crippen molar-refractivity contribution < 1.29 is 10.0 Å². The Labute approximate surface area is 126 Å². The highest BCUT2D eigenvalue weighted by atomic mass is 35.5. The number of nitro groups is 1. The maximum absolute atomic E-state index is 10.5. The summed E-state index contributed by atoms with van der Waals surface area (Å²) in [6.45, 7) is 1.84. The molecule has 1 atom stereocenters. The predicted octanol–water partition coefficient (Wildman–Crippen LogP) is 2.96. The molecule has 0 aliphatic carbocycles. The number of hydrogen-bond donors (Lipinski definition) is 2. The molecule has 0 saturated heterocycles. The summed E-state index contributed by atoms with van der Waals surface area (Å²) in [4.78, 5) is 13.9. The Hall–Kier alpha value is -2.18. The zero-order chi connectivity index (χ0) is 15.5. The molecule has 0 radical (unpaired) electrons. The minimum absolute atomic E-state index is 0.0813. The van der Waals surface area contributed by atoms with Crippen LogP contribution in [0.25, 0.3) is 0 Å². The fourth-order valence-electron chi connectivity index (χ4n) is 1.79. The highest BCUT2D eigenvalue weighted by Crippen LogP contribution is 2.24. The first-order valence-electron chi connectivity index (χ1n) is 6.21. The van der Waals surface area contributed by atoms with Gasteiger partial charge in [0.15, 0.2) is 0 Å². The van der Waals surface area contributed by atoms with Gasteiger partial charge in [0.1, 0.15) is 17.6 Å². The van der Waals surface area contributed by atoms with Crippen molar-refractivity contribution in [3.63, 3.8) is 0 Å². The second-order valence-electron chi connectivity index (χ2n) is 4.80. The van der Waals surface area contributed by atoms with Crippen LogP contribution in [0.3, 0.4) is 0 Å². The molecule has 1 aromatic carbocycles. The Morgan fingerprint density at radius 2 is 2.19 bits per heavy atom. The fourth-order valence-corrected chi connectivity index (χ4v) is 1.98. The van der Waals surface area contributed by atoms with Crippen LogP contribution < -0.4 is 5.32 Å². The summed E-state index contributed by atoms with van der Waals surface area (Å²) in [6, 6.07) is 9.79. The average molecular weight is 308 g/mol. The van der Waals surface area contributed by atoms with E-state index in [1.54, 1.807) is 31.2 Å². The SMILES string of the molecule is CC(O)(CNc1ccc([N+](=O)[O-])cn1)c1cccc(Cl)c1. The lowest BCUT2D eigenvalue weighted by molar-refractivity contribution is -0.385. The van der Waals surface area contributed by atoms with Crippen molar-refractivity contribution >= 4 is 23.1 Å². The van der Waals surface area contributed by atoms with E-state index in [1.165, 1.54) is 12.1 Å². The molecule has 6 nitrogen and oxygen atoms in total. The molecule has 0 aliphatic rings.